The Morgan fingerprint density at radius 1 is 1.10 bits per heavy atom. The first kappa shape index (κ1) is 28.4. The zero-order chi connectivity index (χ0) is 28.1. The number of H-pyrrole nitrogens is 1. The molecule has 0 saturated carbocycles. The Bertz CT molecular complexity index is 1430. The van der Waals surface area contributed by atoms with Gasteiger partial charge in [-0.3, -0.25) is 4.90 Å². The van der Waals surface area contributed by atoms with E-state index in [1.54, 1.807) is 7.11 Å². The van der Waals surface area contributed by atoms with Crippen molar-refractivity contribution < 1.29 is 34.4 Å². The third kappa shape index (κ3) is 6.89. The Kier molecular flexibility index (Phi) is 9.11. The number of likely N-dealkylation sites (tertiary alicyclic amines) is 1. The van der Waals surface area contributed by atoms with Crippen LogP contribution in [0.25, 0.3) is 21.0 Å². The van der Waals surface area contributed by atoms with Crippen molar-refractivity contribution in [3.8, 4) is 11.5 Å². The monoisotopic (exact) mass is 554 g/mol. The number of thiophene rings is 1. The number of ether oxygens (including phenoxy) is 2. The van der Waals surface area contributed by atoms with Crippen LogP contribution in [0.1, 0.15) is 36.3 Å². The van der Waals surface area contributed by atoms with E-state index in [1.807, 2.05) is 42.5 Å². The Balaban J connectivity index is 0.000000531. The summed E-state index contributed by atoms with van der Waals surface area (Å²) in [5, 5.41) is 27.8. The number of aromatic nitrogens is 1. The summed E-state index contributed by atoms with van der Waals surface area (Å²) < 4.78 is 12.8. The van der Waals surface area contributed by atoms with E-state index in [2.05, 4.69) is 41.1 Å². The first-order valence-electron chi connectivity index (χ1n) is 12.8. The molecule has 208 valence electrons. The van der Waals surface area contributed by atoms with Gasteiger partial charge in [-0.25, -0.2) is 9.59 Å². The van der Waals surface area contributed by atoms with Gasteiger partial charge in [0, 0.05) is 44.1 Å². The van der Waals surface area contributed by atoms with Crippen LogP contribution >= 0.6 is 11.3 Å². The van der Waals surface area contributed by atoms with E-state index in [4.69, 9.17) is 29.3 Å². The highest BCUT2D eigenvalue weighted by molar-refractivity contribution is 7.19. The van der Waals surface area contributed by atoms with Gasteiger partial charge in [-0.1, -0.05) is 12.1 Å². The largest absolute Gasteiger partial charge is 0.496 e. The van der Waals surface area contributed by atoms with Gasteiger partial charge >= 0.3 is 11.9 Å². The quantitative estimate of drug-likeness (QED) is 0.238. The van der Waals surface area contributed by atoms with Gasteiger partial charge in [-0.05, 0) is 75.5 Å². The molecule has 3 heterocycles. The fourth-order valence-corrected chi connectivity index (χ4v) is 6.31. The van der Waals surface area contributed by atoms with E-state index in [0.717, 1.165) is 47.5 Å². The molecule has 5 rings (SSSR count). The number of methoxy groups -OCH3 is 1. The van der Waals surface area contributed by atoms with Gasteiger partial charge in [0.1, 0.15) is 24.2 Å². The van der Waals surface area contributed by atoms with Crippen LogP contribution in [0.5, 0.6) is 11.5 Å². The van der Waals surface area contributed by atoms with E-state index in [-0.39, 0.29) is 0 Å². The molecule has 2 aromatic heterocycles. The number of β-amino-alcohol motifs (C(OH)–C–C–N with tert-alkyl or cyclic N) is 1. The average Bonchev–Trinajstić information content (AvgIpc) is 3.52. The summed E-state index contributed by atoms with van der Waals surface area (Å²) in [5.41, 5.74) is 2.17. The lowest BCUT2D eigenvalue weighted by Gasteiger charge is -2.38. The summed E-state index contributed by atoms with van der Waals surface area (Å²) in [5.74, 6) is -1.32. The predicted octanol–water partition coefficient (Wildman–Crippen LogP) is 4.86. The summed E-state index contributed by atoms with van der Waals surface area (Å²) >= 11 is 1.89. The molecule has 10 heteroatoms. The highest BCUT2D eigenvalue weighted by Crippen LogP contribution is 2.40. The molecule has 9 nitrogen and oxygen atoms in total. The van der Waals surface area contributed by atoms with Crippen molar-refractivity contribution in [2.75, 3.05) is 26.8 Å². The second kappa shape index (κ2) is 12.5. The Labute approximate surface area is 230 Å². The fourth-order valence-electron chi connectivity index (χ4n) is 5.09. The van der Waals surface area contributed by atoms with Crippen LogP contribution in [0, 0.1) is 6.92 Å². The molecule has 0 aliphatic carbocycles. The molecule has 2 aromatic carbocycles. The van der Waals surface area contributed by atoms with Crippen LogP contribution in [-0.4, -0.2) is 76.1 Å². The maximum Gasteiger partial charge on any atom is 0.414 e. The maximum absolute atomic E-state index is 10.7. The molecule has 1 saturated heterocycles. The minimum Gasteiger partial charge on any atom is -0.496 e. The van der Waals surface area contributed by atoms with Crippen LogP contribution in [0.15, 0.2) is 48.5 Å². The van der Waals surface area contributed by atoms with Crippen molar-refractivity contribution in [2.45, 2.75) is 44.8 Å². The molecule has 1 aliphatic heterocycles. The summed E-state index contributed by atoms with van der Waals surface area (Å²) in [7, 11) is 1.74. The van der Waals surface area contributed by atoms with Gasteiger partial charge in [0.05, 0.1) is 7.11 Å². The first-order chi connectivity index (χ1) is 18.7. The van der Waals surface area contributed by atoms with Crippen molar-refractivity contribution in [1.29, 1.82) is 0 Å². The van der Waals surface area contributed by atoms with Crippen molar-refractivity contribution in [2.24, 2.45) is 0 Å². The molecule has 0 bridgehead atoms. The number of aromatic amines is 1. The van der Waals surface area contributed by atoms with Crippen molar-refractivity contribution >= 4 is 44.3 Å². The molecular formula is C29H34N2O7S. The molecule has 0 unspecified atom stereocenters. The number of hydrogen-bond acceptors (Lipinski definition) is 7. The summed E-state index contributed by atoms with van der Waals surface area (Å²) in [4.78, 5) is 25.4. The number of benzene rings is 2. The third-order valence-corrected chi connectivity index (χ3v) is 8.26. The van der Waals surface area contributed by atoms with Gasteiger partial charge in [-0.15, -0.1) is 11.3 Å². The number of nitrogens with one attached hydrogen (secondary N) is 1. The highest BCUT2D eigenvalue weighted by atomic mass is 32.1. The summed E-state index contributed by atoms with van der Waals surface area (Å²) in [6.07, 6.45) is 1.69. The second-order valence-corrected chi connectivity index (χ2v) is 10.9. The van der Waals surface area contributed by atoms with Crippen LogP contribution in [-0.2, 0) is 9.59 Å². The van der Waals surface area contributed by atoms with E-state index >= 15 is 0 Å². The molecule has 1 fully saturated rings. The number of aliphatic hydroxyl groups excluding tert-OH is 1. The lowest BCUT2D eigenvalue weighted by atomic mass is 9.90. The lowest BCUT2D eigenvalue weighted by molar-refractivity contribution is -0.159. The minimum absolute atomic E-state index is 0.298. The standard InChI is InChI=1S/C27H32N2O3S.C2H2O4/c1-17-12-21-23(28-17)6-4-8-25(21)32-16-20(30)15-29-11-10-19(13-18(29)2)27-14-22-24(31-3)7-5-9-26(22)33-27;3-1(4)2(5)6/h4-9,12,14,18-20,28,30H,10-11,13,15-16H2,1-3H3;(H,3,4)(H,5,6)/t18-,19+,20+;/m1./s1. The number of aliphatic hydroxyl groups is 1. The van der Waals surface area contributed by atoms with Crippen LogP contribution < -0.4 is 9.47 Å². The molecule has 39 heavy (non-hydrogen) atoms. The molecule has 0 radical (unpaired) electrons. The second-order valence-electron chi connectivity index (χ2n) is 9.83. The third-order valence-electron chi connectivity index (χ3n) is 6.99. The molecular weight excluding hydrogens is 520 g/mol. The molecule has 0 spiro atoms. The number of rotatable bonds is 7. The zero-order valence-corrected chi connectivity index (χ0v) is 23.0. The highest BCUT2D eigenvalue weighted by Gasteiger charge is 2.29. The number of hydrogen-bond donors (Lipinski definition) is 4. The zero-order valence-electron chi connectivity index (χ0n) is 22.2. The van der Waals surface area contributed by atoms with E-state index in [0.29, 0.717) is 25.1 Å². The number of carboxylic acids is 2. The number of carbonyl (C=O) groups is 2. The Morgan fingerprint density at radius 2 is 1.82 bits per heavy atom. The van der Waals surface area contributed by atoms with Crippen molar-refractivity contribution in [1.82, 2.24) is 9.88 Å². The Hall–Kier alpha value is -3.60. The van der Waals surface area contributed by atoms with E-state index in [1.165, 1.54) is 15.0 Å². The number of aliphatic carboxylic acids is 2. The number of piperidine rings is 1. The van der Waals surface area contributed by atoms with Crippen LogP contribution in [0.2, 0.25) is 0 Å². The smallest absolute Gasteiger partial charge is 0.414 e. The topological polar surface area (TPSA) is 132 Å². The fraction of sp³-hybridized carbons (Fsp3) is 0.379. The van der Waals surface area contributed by atoms with Crippen molar-refractivity contribution in [3.05, 3.63) is 59.1 Å². The molecule has 0 amide bonds. The van der Waals surface area contributed by atoms with Gasteiger partial charge in [0.25, 0.3) is 0 Å². The summed E-state index contributed by atoms with van der Waals surface area (Å²) in [6, 6.07) is 17.1. The Morgan fingerprint density at radius 3 is 2.51 bits per heavy atom. The SMILES string of the molecule is COc1cccc2sc([C@H]3CCN(C[C@H](O)COc4cccc5[nH]c(C)cc45)[C@H](C)C3)cc12.O=C(O)C(=O)O. The summed E-state index contributed by atoms with van der Waals surface area (Å²) in [6.45, 7) is 6.24. The normalized spacial score (nSPS) is 18.4. The first-order valence-corrected chi connectivity index (χ1v) is 13.6. The number of fused-ring (bicyclic) bond motifs is 2. The number of aryl methyl sites for hydroxylation is 1. The predicted molar refractivity (Wildman–Crippen MR) is 151 cm³/mol. The maximum atomic E-state index is 10.7. The van der Waals surface area contributed by atoms with E-state index < -0.39 is 18.0 Å². The number of nitrogens with zero attached hydrogens (tertiary/aromatic N) is 1. The lowest BCUT2D eigenvalue weighted by Crippen LogP contribution is -2.45. The minimum atomic E-state index is -1.82. The van der Waals surface area contributed by atoms with Gasteiger partial charge < -0.3 is 29.8 Å². The molecule has 4 N–H and O–H groups in total. The average molecular weight is 555 g/mol. The number of carboxylic acid groups (broad SMARTS) is 2. The molecule has 1 aliphatic rings. The molecule has 3 atom stereocenters. The van der Waals surface area contributed by atoms with Gasteiger partial charge in [-0.2, -0.15) is 0 Å². The van der Waals surface area contributed by atoms with Crippen LogP contribution in [0.4, 0.5) is 0 Å². The van der Waals surface area contributed by atoms with Crippen LogP contribution in [0.3, 0.4) is 0 Å². The van der Waals surface area contributed by atoms with Crippen molar-refractivity contribution in [3.63, 3.8) is 0 Å². The molecule has 4 aromatic rings. The van der Waals surface area contributed by atoms with Gasteiger partial charge in [0.2, 0.25) is 0 Å². The van der Waals surface area contributed by atoms with E-state index in [9.17, 15) is 5.11 Å². The van der Waals surface area contributed by atoms with Gasteiger partial charge in [0.15, 0.2) is 0 Å².